The van der Waals surface area contributed by atoms with Gasteiger partial charge in [-0.2, -0.15) is 0 Å². The van der Waals surface area contributed by atoms with Gasteiger partial charge in [0, 0.05) is 18.2 Å². The summed E-state index contributed by atoms with van der Waals surface area (Å²) in [7, 11) is 1.63. The normalized spacial score (nSPS) is 11.0. The van der Waals surface area contributed by atoms with E-state index in [2.05, 4.69) is 10.3 Å². The van der Waals surface area contributed by atoms with E-state index in [0.717, 1.165) is 23.3 Å². The van der Waals surface area contributed by atoms with Gasteiger partial charge in [-0.15, -0.1) is 0 Å². The van der Waals surface area contributed by atoms with Gasteiger partial charge in [0.15, 0.2) is 5.58 Å². The molecule has 0 saturated carbocycles. The van der Waals surface area contributed by atoms with E-state index in [9.17, 15) is 18.4 Å². The minimum Gasteiger partial charge on any atom is -0.407 e. The molecule has 0 bridgehead atoms. The second-order valence-electron chi connectivity index (χ2n) is 6.50. The first-order valence-electron chi connectivity index (χ1n) is 8.67. The van der Waals surface area contributed by atoms with Crippen molar-refractivity contribution < 1.29 is 18.0 Å². The number of carbonyl (C=O) groups is 1. The fourth-order valence-corrected chi connectivity index (χ4v) is 3.14. The van der Waals surface area contributed by atoms with Crippen molar-refractivity contribution in [1.82, 2.24) is 9.55 Å². The van der Waals surface area contributed by atoms with Crippen LogP contribution in [0.2, 0.25) is 0 Å². The van der Waals surface area contributed by atoms with Crippen LogP contribution < -0.4 is 11.1 Å². The van der Waals surface area contributed by atoms with E-state index in [4.69, 9.17) is 4.42 Å². The molecule has 6 nitrogen and oxygen atoms in total. The average molecular weight is 395 g/mol. The van der Waals surface area contributed by atoms with Crippen molar-refractivity contribution in [1.29, 1.82) is 0 Å². The summed E-state index contributed by atoms with van der Waals surface area (Å²) < 4.78 is 34.2. The van der Waals surface area contributed by atoms with E-state index in [1.165, 1.54) is 16.8 Å². The highest BCUT2D eigenvalue weighted by Gasteiger charge is 2.18. The van der Waals surface area contributed by atoms with E-state index in [0.29, 0.717) is 16.8 Å². The van der Waals surface area contributed by atoms with Gasteiger partial charge in [-0.05, 0) is 37.3 Å². The topological polar surface area (TPSA) is 77.1 Å². The molecule has 1 amide bonds. The minimum atomic E-state index is -0.944. The van der Waals surface area contributed by atoms with Crippen LogP contribution >= 0.6 is 0 Å². The predicted molar refractivity (Wildman–Crippen MR) is 104 cm³/mol. The predicted octanol–water partition coefficient (Wildman–Crippen LogP) is 4.03. The average Bonchev–Trinajstić information content (AvgIpc) is 2.98. The van der Waals surface area contributed by atoms with Gasteiger partial charge in [0.05, 0.1) is 23.1 Å². The molecular formula is C21H15F2N3O3. The maximum absolute atomic E-state index is 13.7. The standard InChI is InChI=1S/C21H15F2N3O3/c1-11-13(7-9-17-19(11)29-21(28)26(17)2)16-8-6-12(10-24-16)25-20(27)18-14(22)4-3-5-15(18)23/h3-10H,1-2H3,(H,25,27). The summed E-state index contributed by atoms with van der Waals surface area (Å²) in [5.41, 5.74) is 2.87. The SMILES string of the molecule is Cc1c(-c2ccc(NC(=O)c3c(F)cccc3F)cn2)ccc2c1oc(=O)n2C. The van der Waals surface area contributed by atoms with Gasteiger partial charge >= 0.3 is 5.76 Å². The van der Waals surface area contributed by atoms with Gasteiger partial charge in [-0.1, -0.05) is 12.1 Å². The van der Waals surface area contributed by atoms with Crippen LogP contribution in [0, 0.1) is 18.6 Å². The summed E-state index contributed by atoms with van der Waals surface area (Å²) in [4.78, 5) is 28.2. The monoisotopic (exact) mass is 395 g/mol. The number of hydrogen-bond acceptors (Lipinski definition) is 4. The van der Waals surface area contributed by atoms with E-state index in [1.54, 1.807) is 25.2 Å². The molecule has 0 fully saturated rings. The summed E-state index contributed by atoms with van der Waals surface area (Å²) in [6.07, 6.45) is 1.39. The molecule has 0 unspecified atom stereocenters. The molecule has 0 radical (unpaired) electrons. The van der Waals surface area contributed by atoms with E-state index < -0.39 is 28.9 Å². The summed E-state index contributed by atoms with van der Waals surface area (Å²) in [5.74, 6) is -3.24. The molecule has 0 atom stereocenters. The lowest BCUT2D eigenvalue weighted by Gasteiger charge is -2.09. The van der Waals surface area contributed by atoms with Crippen LogP contribution in [0.1, 0.15) is 15.9 Å². The molecular weight excluding hydrogens is 380 g/mol. The molecule has 2 aromatic carbocycles. The van der Waals surface area contributed by atoms with Crippen molar-refractivity contribution in [3.05, 3.63) is 82.0 Å². The first-order valence-corrected chi connectivity index (χ1v) is 8.67. The van der Waals surface area contributed by atoms with Gasteiger partial charge in [-0.3, -0.25) is 14.3 Å². The maximum Gasteiger partial charge on any atom is 0.419 e. The van der Waals surface area contributed by atoms with Crippen molar-refractivity contribution in [3.8, 4) is 11.3 Å². The van der Waals surface area contributed by atoms with Crippen LogP contribution in [-0.4, -0.2) is 15.5 Å². The summed E-state index contributed by atoms with van der Waals surface area (Å²) in [5, 5.41) is 2.43. The third kappa shape index (κ3) is 3.18. The Balaban J connectivity index is 1.63. The quantitative estimate of drug-likeness (QED) is 0.568. The largest absolute Gasteiger partial charge is 0.419 e. The van der Waals surface area contributed by atoms with Crippen LogP contribution in [0.4, 0.5) is 14.5 Å². The van der Waals surface area contributed by atoms with Crippen LogP contribution in [0.5, 0.6) is 0 Å². The van der Waals surface area contributed by atoms with Crippen molar-refractivity contribution in [2.75, 3.05) is 5.32 Å². The highest BCUT2D eigenvalue weighted by atomic mass is 19.1. The zero-order chi connectivity index (χ0) is 20.7. The number of fused-ring (bicyclic) bond motifs is 1. The molecule has 4 rings (SSSR count). The molecule has 0 aliphatic rings. The number of anilines is 1. The number of hydrogen-bond donors (Lipinski definition) is 1. The van der Waals surface area contributed by atoms with Gasteiger partial charge in [-0.25, -0.2) is 13.6 Å². The number of aromatic nitrogens is 2. The second kappa shape index (κ2) is 6.97. The molecule has 2 heterocycles. The molecule has 0 aliphatic carbocycles. The maximum atomic E-state index is 13.7. The number of halogens is 2. The fourth-order valence-electron chi connectivity index (χ4n) is 3.14. The Morgan fingerprint density at radius 1 is 1.10 bits per heavy atom. The van der Waals surface area contributed by atoms with Crippen molar-refractivity contribution in [2.24, 2.45) is 7.05 Å². The van der Waals surface area contributed by atoms with Gasteiger partial charge in [0.25, 0.3) is 5.91 Å². The Hall–Kier alpha value is -3.81. The van der Waals surface area contributed by atoms with Gasteiger partial charge in [0.1, 0.15) is 17.2 Å². The Kier molecular flexibility index (Phi) is 4.46. The minimum absolute atomic E-state index is 0.284. The lowest BCUT2D eigenvalue weighted by molar-refractivity contribution is 0.101. The zero-order valence-electron chi connectivity index (χ0n) is 15.5. The summed E-state index contributed by atoms with van der Waals surface area (Å²) in [6.45, 7) is 1.82. The summed E-state index contributed by atoms with van der Waals surface area (Å²) in [6, 6.07) is 10.0. The molecule has 4 aromatic rings. The fraction of sp³-hybridized carbons (Fsp3) is 0.0952. The van der Waals surface area contributed by atoms with Crippen LogP contribution in [0.3, 0.4) is 0 Å². The number of benzene rings is 2. The number of nitrogens with one attached hydrogen (secondary N) is 1. The van der Waals surface area contributed by atoms with Crippen LogP contribution in [-0.2, 0) is 7.05 Å². The van der Waals surface area contributed by atoms with Crippen molar-refractivity contribution >= 4 is 22.7 Å². The lowest BCUT2D eigenvalue weighted by Crippen LogP contribution is -2.15. The third-order valence-corrected chi connectivity index (χ3v) is 4.70. The molecule has 8 heteroatoms. The Labute approximate surface area is 163 Å². The molecule has 0 saturated heterocycles. The number of pyridine rings is 1. The number of nitrogens with zero attached hydrogens (tertiary/aromatic N) is 2. The zero-order valence-corrected chi connectivity index (χ0v) is 15.5. The number of carbonyl (C=O) groups excluding carboxylic acids is 1. The van der Waals surface area contributed by atoms with Gasteiger partial charge < -0.3 is 9.73 Å². The number of oxazole rings is 1. The third-order valence-electron chi connectivity index (χ3n) is 4.70. The highest BCUT2D eigenvalue weighted by molar-refractivity contribution is 6.04. The molecule has 1 N–H and O–H groups in total. The number of amides is 1. The Morgan fingerprint density at radius 3 is 2.48 bits per heavy atom. The van der Waals surface area contributed by atoms with E-state index in [-0.39, 0.29) is 5.69 Å². The second-order valence-corrected chi connectivity index (χ2v) is 6.50. The summed E-state index contributed by atoms with van der Waals surface area (Å²) >= 11 is 0. The first kappa shape index (κ1) is 18.5. The van der Waals surface area contributed by atoms with Gasteiger partial charge in [0.2, 0.25) is 0 Å². The lowest BCUT2D eigenvalue weighted by atomic mass is 10.0. The molecule has 146 valence electrons. The highest BCUT2D eigenvalue weighted by Crippen LogP contribution is 2.28. The van der Waals surface area contributed by atoms with Crippen LogP contribution in [0.15, 0.2) is 57.9 Å². The smallest absolute Gasteiger partial charge is 0.407 e. The van der Waals surface area contributed by atoms with E-state index >= 15 is 0 Å². The van der Waals surface area contributed by atoms with Crippen molar-refractivity contribution in [2.45, 2.75) is 6.92 Å². The molecule has 0 spiro atoms. The van der Waals surface area contributed by atoms with Crippen LogP contribution in [0.25, 0.3) is 22.4 Å². The Bertz CT molecular complexity index is 1290. The number of rotatable bonds is 3. The van der Waals surface area contributed by atoms with Crippen molar-refractivity contribution in [3.63, 3.8) is 0 Å². The first-order chi connectivity index (χ1) is 13.9. The Morgan fingerprint density at radius 2 is 1.83 bits per heavy atom. The molecule has 29 heavy (non-hydrogen) atoms. The van der Waals surface area contributed by atoms with E-state index in [1.807, 2.05) is 13.0 Å². The number of aryl methyl sites for hydroxylation is 2. The molecule has 2 aromatic heterocycles. The molecule has 0 aliphatic heterocycles.